The first-order valence-electron chi connectivity index (χ1n) is 7.74. The van der Waals surface area contributed by atoms with E-state index in [1.165, 1.54) is 0 Å². The summed E-state index contributed by atoms with van der Waals surface area (Å²) in [7, 11) is 0. The second kappa shape index (κ2) is 5.76. The number of hydrogen-bond donors (Lipinski definition) is 1. The highest BCUT2D eigenvalue weighted by molar-refractivity contribution is 5.28. The van der Waals surface area contributed by atoms with Crippen molar-refractivity contribution in [2.45, 2.75) is 47.6 Å². The third kappa shape index (κ3) is 2.85. The molecular formula is C16H29N3O. The first kappa shape index (κ1) is 15.4. The van der Waals surface area contributed by atoms with Gasteiger partial charge in [0.1, 0.15) is 0 Å². The molecular weight excluding hydrogens is 250 g/mol. The van der Waals surface area contributed by atoms with E-state index >= 15 is 0 Å². The largest absolute Gasteiger partial charge is 0.382 e. The summed E-state index contributed by atoms with van der Waals surface area (Å²) in [5, 5.41) is 3.52. The van der Waals surface area contributed by atoms with E-state index in [4.69, 9.17) is 4.74 Å². The standard InChI is InChI=1S/C16H29N3O/c1-6-20-11-7-9-19-10-8-17-14(19)18-12-13-15(2,3)16(13,4)5/h8,10,13H,6-7,9,11-12H2,1-5H3,(H,17,18). The molecule has 4 nitrogen and oxygen atoms in total. The quantitative estimate of drug-likeness (QED) is 0.741. The summed E-state index contributed by atoms with van der Waals surface area (Å²) >= 11 is 0. The zero-order chi connectivity index (χ0) is 14.8. The van der Waals surface area contributed by atoms with E-state index in [-0.39, 0.29) is 0 Å². The lowest BCUT2D eigenvalue weighted by molar-refractivity contribution is 0.142. The van der Waals surface area contributed by atoms with Crippen LogP contribution in [0.1, 0.15) is 41.0 Å². The van der Waals surface area contributed by atoms with Gasteiger partial charge in [-0.2, -0.15) is 0 Å². The van der Waals surface area contributed by atoms with Crippen molar-refractivity contribution in [2.24, 2.45) is 16.7 Å². The van der Waals surface area contributed by atoms with Crippen LogP contribution >= 0.6 is 0 Å². The van der Waals surface area contributed by atoms with Crippen molar-refractivity contribution in [3.63, 3.8) is 0 Å². The summed E-state index contributed by atoms with van der Waals surface area (Å²) in [6, 6.07) is 0. The summed E-state index contributed by atoms with van der Waals surface area (Å²) in [6.45, 7) is 15.0. The number of aryl methyl sites for hydroxylation is 1. The smallest absolute Gasteiger partial charge is 0.202 e. The summed E-state index contributed by atoms with van der Waals surface area (Å²) in [5.74, 6) is 1.70. The Balaban J connectivity index is 1.81. The average molecular weight is 279 g/mol. The molecule has 0 spiro atoms. The Morgan fingerprint density at radius 2 is 2.00 bits per heavy atom. The van der Waals surface area contributed by atoms with E-state index in [2.05, 4.69) is 42.6 Å². The van der Waals surface area contributed by atoms with Crippen LogP contribution in [0, 0.1) is 16.7 Å². The van der Waals surface area contributed by atoms with E-state index in [9.17, 15) is 0 Å². The summed E-state index contributed by atoms with van der Waals surface area (Å²) in [6.07, 6.45) is 4.93. The van der Waals surface area contributed by atoms with Crippen molar-refractivity contribution >= 4 is 5.95 Å². The van der Waals surface area contributed by atoms with Crippen LogP contribution in [0.2, 0.25) is 0 Å². The number of imidazole rings is 1. The molecule has 0 unspecified atom stereocenters. The van der Waals surface area contributed by atoms with Crippen LogP contribution in [0.3, 0.4) is 0 Å². The number of rotatable bonds is 8. The van der Waals surface area contributed by atoms with Gasteiger partial charge in [-0.05, 0) is 30.1 Å². The number of nitrogens with one attached hydrogen (secondary N) is 1. The molecule has 1 aliphatic rings. The van der Waals surface area contributed by atoms with Gasteiger partial charge in [-0.25, -0.2) is 4.98 Å². The topological polar surface area (TPSA) is 39.1 Å². The Bertz CT molecular complexity index is 423. The molecule has 1 aliphatic carbocycles. The third-order valence-corrected chi connectivity index (χ3v) is 5.39. The number of anilines is 1. The first-order valence-corrected chi connectivity index (χ1v) is 7.74. The SMILES string of the molecule is CCOCCCn1ccnc1NCC1C(C)(C)C1(C)C. The van der Waals surface area contributed by atoms with Crippen molar-refractivity contribution in [3.05, 3.63) is 12.4 Å². The number of ether oxygens (including phenoxy) is 1. The molecule has 2 rings (SSSR count). The molecule has 114 valence electrons. The van der Waals surface area contributed by atoms with Crippen molar-refractivity contribution < 1.29 is 4.74 Å². The Morgan fingerprint density at radius 3 is 2.60 bits per heavy atom. The number of aromatic nitrogens is 2. The first-order chi connectivity index (χ1) is 9.41. The second-order valence-corrected chi connectivity index (χ2v) is 6.87. The van der Waals surface area contributed by atoms with Crippen molar-refractivity contribution in [1.29, 1.82) is 0 Å². The lowest BCUT2D eigenvalue weighted by Gasteiger charge is -2.10. The molecule has 1 N–H and O–H groups in total. The molecule has 20 heavy (non-hydrogen) atoms. The van der Waals surface area contributed by atoms with Gasteiger partial charge in [0.2, 0.25) is 5.95 Å². The van der Waals surface area contributed by atoms with E-state index in [0.717, 1.165) is 38.7 Å². The Labute approximate surface area is 122 Å². The highest BCUT2D eigenvalue weighted by Gasteiger charge is 2.64. The molecule has 0 atom stereocenters. The molecule has 1 aromatic rings. The molecule has 0 amide bonds. The van der Waals surface area contributed by atoms with Crippen LogP contribution in [0.15, 0.2) is 12.4 Å². The van der Waals surface area contributed by atoms with Gasteiger partial charge in [0.25, 0.3) is 0 Å². The van der Waals surface area contributed by atoms with Gasteiger partial charge in [0.05, 0.1) is 0 Å². The van der Waals surface area contributed by atoms with Gasteiger partial charge in [-0.15, -0.1) is 0 Å². The van der Waals surface area contributed by atoms with Crippen molar-refractivity contribution in [2.75, 3.05) is 25.1 Å². The minimum atomic E-state index is 0.423. The van der Waals surface area contributed by atoms with Crippen molar-refractivity contribution in [3.8, 4) is 0 Å². The fourth-order valence-electron chi connectivity index (χ4n) is 3.17. The van der Waals surface area contributed by atoms with Gasteiger partial charge in [-0.3, -0.25) is 0 Å². The lowest BCUT2D eigenvalue weighted by atomic mass is 10.0. The summed E-state index contributed by atoms with van der Waals surface area (Å²) in [4.78, 5) is 4.42. The van der Waals surface area contributed by atoms with E-state index in [0.29, 0.717) is 16.7 Å². The minimum absolute atomic E-state index is 0.423. The Morgan fingerprint density at radius 1 is 1.30 bits per heavy atom. The van der Waals surface area contributed by atoms with Crippen LogP contribution < -0.4 is 5.32 Å². The van der Waals surface area contributed by atoms with Crippen LogP contribution in [-0.4, -0.2) is 29.3 Å². The third-order valence-electron chi connectivity index (χ3n) is 5.39. The highest BCUT2D eigenvalue weighted by Crippen LogP contribution is 2.68. The predicted octanol–water partition coefficient (Wildman–Crippen LogP) is 3.40. The molecule has 4 heteroatoms. The predicted molar refractivity (Wildman–Crippen MR) is 82.9 cm³/mol. The fraction of sp³-hybridized carbons (Fsp3) is 0.812. The number of hydrogen-bond acceptors (Lipinski definition) is 3. The Kier molecular flexibility index (Phi) is 4.43. The second-order valence-electron chi connectivity index (χ2n) is 6.87. The van der Waals surface area contributed by atoms with E-state index in [1.807, 2.05) is 19.3 Å². The fourth-order valence-corrected chi connectivity index (χ4v) is 3.17. The molecule has 0 aliphatic heterocycles. The van der Waals surface area contributed by atoms with Gasteiger partial charge in [-0.1, -0.05) is 27.7 Å². The molecule has 0 aromatic carbocycles. The maximum Gasteiger partial charge on any atom is 0.202 e. The normalized spacial score (nSPS) is 20.1. The summed E-state index contributed by atoms with van der Waals surface area (Å²) < 4.78 is 7.56. The molecule has 0 saturated heterocycles. The molecule has 1 saturated carbocycles. The Hall–Kier alpha value is -1.03. The lowest BCUT2D eigenvalue weighted by Crippen LogP contribution is -2.13. The van der Waals surface area contributed by atoms with Gasteiger partial charge < -0.3 is 14.6 Å². The van der Waals surface area contributed by atoms with Gasteiger partial charge >= 0.3 is 0 Å². The maximum atomic E-state index is 5.38. The van der Waals surface area contributed by atoms with E-state index < -0.39 is 0 Å². The highest BCUT2D eigenvalue weighted by atomic mass is 16.5. The molecule has 0 bridgehead atoms. The molecule has 1 fully saturated rings. The maximum absolute atomic E-state index is 5.38. The molecule has 1 aromatic heterocycles. The summed E-state index contributed by atoms with van der Waals surface area (Å²) in [5.41, 5.74) is 0.846. The monoisotopic (exact) mass is 279 g/mol. The number of nitrogens with zero attached hydrogens (tertiary/aromatic N) is 2. The van der Waals surface area contributed by atoms with Gasteiger partial charge in [0.15, 0.2) is 0 Å². The zero-order valence-corrected chi connectivity index (χ0v) is 13.6. The molecule has 0 radical (unpaired) electrons. The van der Waals surface area contributed by atoms with Crippen LogP contribution in [0.5, 0.6) is 0 Å². The average Bonchev–Trinajstić information content (AvgIpc) is 2.72. The van der Waals surface area contributed by atoms with Gasteiger partial charge in [0, 0.05) is 38.7 Å². The van der Waals surface area contributed by atoms with Crippen molar-refractivity contribution in [1.82, 2.24) is 9.55 Å². The molecule has 1 heterocycles. The zero-order valence-electron chi connectivity index (χ0n) is 13.6. The minimum Gasteiger partial charge on any atom is -0.382 e. The van der Waals surface area contributed by atoms with Crippen LogP contribution in [0.4, 0.5) is 5.95 Å². The van der Waals surface area contributed by atoms with Crippen LogP contribution in [-0.2, 0) is 11.3 Å². The van der Waals surface area contributed by atoms with E-state index in [1.54, 1.807) is 0 Å². The van der Waals surface area contributed by atoms with Crippen LogP contribution in [0.25, 0.3) is 0 Å².